The molecule has 1 saturated heterocycles. The highest BCUT2D eigenvalue weighted by Gasteiger charge is 2.35. The first kappa shape index (κ1) is 17.2. The molecule has 0 radical (unpaired) electrons. The van der Waals surface area contributed by atoms with Gasteiger partial charge in [-0.3, -0.25) is 0 Å². The highest BCUT2D eigenvalue weighted by Crippen LogP contribution is 2.32. The van der Waals surface area contributed by atoms with Gasteiger partial charge in [0.25, 0.3) is 0 Å². The lowest BCUT2D eigenvalue weighted by Gasteiger charge is -2.19. The monoisotopic (exact) mass is 373 g/mol. The van der Waals surface area contributed by atoms with Crippen LogP contribution in [0.3, 0.4) is 0 Å². The van der Waals surface area contributed by atoms with Crippen LogP contribution in [0.5, 0.6) is 0 Å². The summed E-state index contributed by atoms with van der Waals surface area (Å²) in [4.78, 5) is 4.75. The normalized spacial score (nSPS) is 18.7. The molecule has 2 aromatic carbocycles. The molecule has 1 atom stereocenters. The number of aryl methyl sites for hydroxylation is 2. The quantitative estimate of drug-likeness (QED) is 0.707. The number of para-hydroxylation sites is 2. The second-order valence-electron chi connectivity index (χ2n) is 6.73. The lowest BCUT2D eigenvalue weighted by molar-refractivity contribution is 0.452. The van der Waals surface area contributed by atoms with Crippen LogP contribution in [0, 0.1) is 19.7 Å². The van der Waals surface area contributed by atoms with Crippen LogP contribution in [-0.4, -0.2) is 35.4 Å². The Morgan fingerprint density at radius 3 is 2.69 bits per heavy atom. The molecule has 1 aromatic heterocycles. The van der Waals surface area contributed by atoms with Crippen LogP contribution in [0.15, 0.2) is 47.4 Å². The molecule has 2 heterocycles. The molecule has 1 fully saturated rings. The van der Waals surface area contributed by atoms with Crippen molar-refractivity contribution in [3.05, 3.63) is 59.7 Å². The molecule has 1 aliphatic heterocycles. The van der Waals surface area contributed by atoms with Gasteiger partial charge in [-0.25, -0.2) is 17.8 Å². The second-order valence-corrected chi connectivity index (χ2v) is 8.64. The Bertz CT molecular complexity index is 1090. The number of benzene rings is 2. The first-order valence-electron chi connectivity index (χ1n) is 8.58. The fourth-order valence-corrected chi connectivity index (χ4v) is 5.50. The summed E-state index contributed by atoms with van der Waals surface area (Å²) in [5.41, 5.74) is 2.37. The summed E-state index contributed by atoms with van der Waals surface area (Å²) in [6.45, 7) is 4.40. The number of hydrogen-bond donors (Lipinski definition) is 0. The van der Waals surface area contributed by atoms with Crippen molar-refractivity contribution < 1.29 is 12.8 Å². The summed E-state index contributed by atoms with van der Waals surface area (Å²) in [5, 5.41) is 0. The molecule has 0 bridgehead atoms. The van der Waals surface area contributed by atoms with E-state index in [1.54, 1.807) is 6.92 Å². The van der Waals surface area contributed by atoms with Gasteiger partial charge in [-0.15, -0.1) is 0 Å². The average Bonchev–Trinajstić information content (AvgIpc) is 3.18. The third kappa shape index (κ3) is 2.71. The lowest BCUT2D eigenvalue weighted by Crippen LogP contribution is -2.30. The van der Waals surface area contributed by atoms with Gasteiger partial charge in [0.2, 0.25) is 10.0 Å². The molecule has 1 aliphatic rings. The van der Waals surface area contributed by atoms with E-state index in [4.69, 9.17) is 0 Å². The summed E-state index contributed by atoms with van der Waals surface area (Å²) >= 11 is 0. The van der Waals surface area contributed by atoms with Crippen LogP contribution in [0.25, 0.3) is 11.0 Å². The van der Waals surface area contributed by atoms with Crippen molar-refractivity contribution in [2.24, 2.45) is 0 Å². The van der Waals surface area contributed by atoms with Gasteiger partial charge in [0, 0.05) is 13.1 Å². The van der Waals surface area contributed by atoms with E-state index in [9.17, 15) is 12.8 Å². The molecule has 136 valence electrons. The number of imidazole rings is 1. The van der Waals surface area contributed by atoms with Crippen molar-refractivity contribution in [1.82, 2.24) is 13.9 Å². The van der Waals surface area contributed by atoms with E-state index in [-0.39, 0.29) is 10.9 Å². The fraction of sp³-hybridized carbons (Fsp3) is 0.316. The minimum absolute atomic E-state index is 0.0397. The molecule has 4 rings (SSSR count). The third-order valence-electron chi connectivity index (χ3n) is 5.02. The maximum absolute atomic E-state index is 13.3. The van der Waals surface area contributed by atoms with Gasteiger partial charge < -0.3 is 4.57 Å². The molecular formula is C19H20FN3O2S. The first-order valence-corrected chi connectivity index (χ1v) is 10.0. The Morgan fingerprint density at radius 1 is 1.15 bits per heavy atom. The summed E-state index contributed by atoms with van der Waals surface area (Å²) in [7, 11) is -3.64. The lowest BCUT2D eigenvalue weighted by atomic mass is 10.2. The van der Waals surface area contributed by atoms with Crippen LogP contribution >= 0.6 is 0 Å². The molecule has 26 heavy (non-hydrogen) atoms. The zero-order valence-corrected chi connectivity index (χ0v) is 15.5. The zero-order chi connectivity index (χ0) is 18.5. The molecular weight excluding hydrogens is 353 g/mol. The Hall–Kier alpha value is -2.25. The topological polar surface area (TPSA) is 55.2 Å². The summed E-state index contributed by atoms with van der Waals surface area (Å²) < 4.78 is 43.0. The fourth-order valence-electron chi connectivity index (χ4n) is 3.81. The number of halogens is 1. The SMILES string of the molecule is Cc1cc(F)ccc1S(=O)(=O)N1CC[C@@H](n2c(C)nc3ccccc32)C1. The number of sulfonamides is 1. The highest BCUT2D eigenvalue weighted by molar-refractivity contribution is 7.89. The smallest absolute Gasteiger partial charge is 0.243 e. The minimum atomic E-state index is -3.64. The number of rotatable bonds is 3. The van der Waals surface area contributed by atoms with Gasteiger partial charge in [-0.05, 0) is 56.2 Å². The maximum atomic E-state index is 13.3. The predicted molar refractivity (Wildman–Crippen MR) is 98.0 cm³/mol. The maximum Gasteiger partial charge on any atom is 0.243 e. The standard InChI is InChI=1S/C19H20FN3O2S/c1-13-11-15(20)7-8-19(13)26(24,25)22-10-9-16(12-22)23-14(2)21-17-5-3-4-6-18(17)23/h3-8,11,16H,9-10,12H2,1-2H3/t16-/m1/s1. The summed E-state index contributed by atoms with van der Waals surface area (Å²) in [6, 6.07) is 11.7. The Morgan fingerprint density at radius 2 is 1.92 bits per heavy atom. The summed E-state index contributed by atoms with van der Waals surface area (Å²) in [6.07, 6.45) is 0.723. The molecule has 0 spiro atoms. The van der Waals surface area contributed by atoms with Gasteiger partial charge in [0.05, 0.1) is 22.0 Å². The Labute approximate surface area is 152 Å². The van der Waals surface area contributed by atoms with E-state index in [0.29, 0.717) is 18.7 Å². The zero-order valence-electron chi connectivity index (χ0n) is 14.7. The van der Waals surface area contributed by atoms with Crippen LogP contribution in [-0.2, 0) is 10.0 Å². The number of aromatic nitrogens is 2. The number of fused-ring (bicyclic) bond motifs is 1. The average molecular weight is 373 g/mol. The van der Waals surface area contributed by atoms with Gasteiger partial charge >= 0.3 is 0 Å². The van der Waals surface area contributed by atoms with Crippen molar-refractivity contribution in [2.75, 3.05) is 13.1 Å². The van der Waals surface area contributed by atoms with E-state index in [1.165, 1.54) is 22.5 Å². The van der Waals surface area contributed by atoms with E-state index >= 15 is 0 Å². The van der Waals surface area contributed by atoms with Crippen LogP contribution in [0.4, 0.5) is 4.39 Å². The molecule has 0 unspecified atom stereocenters. The van der Waals surface area contributed by atoms with Crippen molar-refractivity contribution in [3.63, 3.8) is 0 Å². The molecule has 0 saturated carbocycles. The molecule has 3 aromatic rings. The predicted octanol–water partition coefficient (Wildman–Crippen LogP) is 3.43. The van der Waals surface area contributed by atoms with E-state index in [1.807, 2.05) is 31.2 Å². The van der Waals surface area contributed by atoms with E-state index < -0.39 is 15.8 Å². The molecule has 0 N–H and O–H groups in total. The van der Waals surface area contributed by atoms with Gasteiger partial charge in [-0.1, -0.05) is 12.1 Å². The first-order chi connectivity index (χ1) is 12.4. The van der Waals surface area contributed by atoms with Crippen molar-refractivity contribution >= 4 is 21.1 Å². The Balaban J connectivity index is 1.67. The number of nitrogens with zero attached hydrogens (tertiary/aromatic N) is 3. The molecule has 5 nitrogen and oxygen atoms in total. The number of hydrogen-bond acceptors (Lipinski definition) is 3. The third-order valence-corrected chi connectivity index (χ3v) is 7.04. The van der Waals surface area contributed by atoms with Crippen molar-refractivity contribution in [3.8, 4) is 0 Å². The summed E-state index contributed by atoms with van der Waals surface area (Å²) in [5.74, 6) is 0.453. The molecule has 0 aliphatic carbocycles. The van der Waals surface area contributed by atoms with Crippen LogP contribution in [0.1, 0.15) is 23.9 Å². The van der Waals surface area contributed by atoms with Gasteiger partial charge in [0.15, 0.2) is 0 Å². The minimum Gasteiger partial charge on any atom is -0.324 e. The largest absolute Gasteiger partial charge is 0.324 e. The van der Waals surface area contributed by atoms with Crippen molar-refractivity contribution in [2.45, 2.75) is 31.2 Å². The molecule has 7 heteroatoms. The molecule has 0 amide bonds. The highest BCUT2D eigenvalue weighted by atomic mass is 32.2. The van der Waals surface area contributed by atoms with Crippen molar-refractivity contribution in [1.29, 1.82) is 0 Å². The van der Waals surface area contributed by atoms with Gasteiger partial charge in [0.1, 0.15) is 11.6 Å². The van der Waals surface area contributed by atoms with E-state index in [2.05, 4.69) is 9.55 Å². The Kier molecular flexibility index (Phi) is 4.08. The van der Waals surface area contributed by atoms with Gasteiger partial charge in [-0.2, -0.15) is 4.31 Å². The van der Waals surface area contributed by atoms with Crippen LogP contribution in [0.2, 0.25) is 0 Å². The van der Waals surface area contributed by atoms with Crippen LogP contribution < -0.4 is 0 Å². The second kappa shape index (κ2) is 6.17. The van der Waals surface area contributed by atoms with E-state index in [0.717, 1.165) is 23.3 Å².